The van der Waals surface area contributed by atoms with Gasteiger partial charge in [-0.05, 0) is 59.7 Å². The lowest BCUT2D eigenvalue weighted by atomic mass is 10.2. The van der Waals surface area contributed by atoms with Gasteiger partial charge in [-0.25, -0.2) is 8.78 Å². The van der Waals surface area contributed by atoms with Crippen molar-refractivity contribution >= 4 is 24.3 Å². The minimum atomic E-state index is -0.260. The van der Waals surface area contributed by atoms with Gasteiger partial charge in [-0.3, -0.25) is 0 Å². The van der Waals surface area contributed by atoms with E-state index in [0.717, 1.165) is 11.1 Å². The highest BCUT2D eigenvalue weighted by Gasteiger charge is 1.94. The van der Waals surface area contributed by atoms with E-state index in [1.54, 1.807) is 24.3 Å². The molecule has 3 aromatic rings. The first-order valence-electron chi connectivity index (χ1n) is 7.40. The summed E-state index contributed by atoms with van der Waals surface area (Å²) in [6.07, 6.45) is 7.32. The summed E-state index contributed by atoms with van der Waals surface area (Å²) >= 11 is 0. The zero-order chi connectivity index (χ0) is 16.8. The Kier molecular flexibility index (Phi) is 4.87. The normalized spacial score (nSPS) is 11.4. The van der Waals surface area contributed by atoms with Crippen molar-refractivity contribution in [3.63, 3.8) is 0 Å². The molecule has 0 bridgehead atoms. The molecule has 0 radical (unpaired) electrons. The number of nitrogens with zero attached hydrogens (tertiary/aromatic N) is 2. The van der Waals surface area contributed by atoms with Crippen LogP contribution >= 0.6 is 0 Å². The molecule has 0 aliphatic carbocycles. The van der Waals surface area contributed by atoms with E-state index < -0.39 is 0 Å². The molecule has 0 amide bonds. The van der Waals surface area contributed by atoms with Crippen molar-refractivity contribution in [1.29, 1.82) is 0 Å². The van der Waals surface area contributed by atoms with Crippen LogP contribution in [0.5, 0.6) is 0 Å². The molecular weight excluding hydrogens is 306 g/mol. The Labute approximate surface area is 138 Å². The molecule has 3 rings (SSSR count). The van der Waals surface area contributed by atoms with E-state index in [0.29, 0.717) is 11.4 Å². The Morgan fingerprint density at radius 2 is 0.875 bits per heavy atom. The molecule has 0 spiro atoms. The van der Waals surface area contributed by atoms with Gasteiger partial charge in [-0.2, -0.15) is 10.2 Å². The molecule has 0 fully saturated rings. The van der Waals surface area contributed by atoms with E-state index in [2.05, 4.69) is 10.2 Å². The summed E-state index contributed by atoms with van der Waals surface area (Å²) in [5.74, 6) is -0.520. The highest BCUT2D eigenvalue weighted by molar-refractivity contribution is 5.70. The summed E-state index contributed by atoms with van der Waals surface area (Å²) in [6, 6.07) is 16.1. The second-order valence-corrected chi connectivity index (χ2v) is 5.15. The van der Waals surface area contributed by atoms with Crippen molar-refractivity contribution in [2.24, 2.45) is 0 Å². The van der Waals surface area contributed by atoms with E-state index in [1.165, 1.54) is 24.3 Å². The third-order valence-electron chi connectivity index (χ3n) is 3.34. The predicted molar refractivity (Wildman–Crippen MR) is 92.7 cm³/mol. The summed E-state index contributed by atoms with van der Waals surface area (Å²) in [4.78, 5) is 0. The maximum Gasteiger partial charge on any atom is 0.123 e. The van der Waals surface area contributed by atoms with Crippen LogP contribution in [0, 0.1) is 11.6 Å². The molecule has 118 valence electrons. The average Bonchev–Trinajstić information content (AvgIpc) is 2.62. The number of hydrogen-bond donors (Lipinski definition) is 0. The number of hydrogen-bond acceptors (Lipinski definition) is 2. The van der Waals surface area contributed by atoms with Gasteiger partial charge < -0.3 is 0 Å². The number of benzene rings is 2. The first kappa shape index (κ1) is 15.7. The summed E-state index contributed by atoms with van der Waals surface area (Å²) in [7, 11) is 0. The van der Waals surface area contributed by atoms with Crippen LogP contribution in [0.4, 0.5) is 8.78 Å². The van der Waals surface area contributed by atoms with E-state index in [-0.39, 0.29) is 11.6 Å². The zero-order valence-electron chi connectivity index (χ0n) is 12.7. The van der Waals surface area contributed by atoms with Crippen LogP contribution in [0.1, 0.15) is 22.5 Å². The lowest BCUT2D eigenvalue weighted by Gasteiger charge is -1.96. The fraction of sp³-hybridized carbons (Fsp3) is 0. The monoisotopic (exact) mass is 320 g/mol. The first-order chi connectivity index (χ1) is 11.7. The lowest BCUT2D eigenvalue weighted by molar-refractivity contribution is 0.627. The van der Waals surface area contributed by atoms with Crippen LogP contribution in [-0.2, 0) is 0 Å². The largest absolute Gasteiger partial charge is 0.207 e. The smallest absolute Gasteiger partial charge is 0.123 e. The van der Waals surface area contributed by atoms with Crippen molar-refractivity contribution in [2.75, 3.05) is 0 Å². The predicted octanol–water partition coefficient (Wildman–Crippen LogP) is 5.10. The Morgan fingerprint density at radius 3 is 1.21 bits per heavy atom. The molecule has 0 aliphatic rings. The maximum absolute atomic E-state index is 12.8. The molecule has 0 aliphatic heterocycles. The van der Waals surface area contributed by atoms with Crippen LogP contribution < -0.4 is 0 Å². The van der Waals surface area contributed by atoms with Gasteiger partial charge in [0.1, 0.15) is 11.6 Å². The van der Waals surface area contributed by atoms with Gasteiger partial charge in [0.05, 0.1) is 11.4 Å². The molecule has 4 heteroatoms. The van der Waals surface area contributed by atoms with Crippen LogP contribution in [0.3, 0.4) is 0 Å². The van der Waals surface area contributed by atoms with Gasteiger partial charge in [0.2, 0.25) is 0 Å². The number of aromatic nitrogens is 2. The van der Waals surface area contributed by atoms with Gasteiger partial charge in [0.25, 0.3) is 0 Å². The zero-order valence-corrected chi connectivity index (χ0v) is 12.7. The minimum Gasteiger partial charge on any atom is -0.207 e. The molecule has 1 aromatic heterocycles. The SMILES string of the molecule is Fc1ccc(/C=C/c2ccc(/C=C/c3ccc(F)cc3)nn2)cc1. The van der Waals surface area contributed by atoms with E-state index in [9.17, 15) is 8.78 Å². The van der Waals surface area contributed by atoms with Crippen LogP contribution in [0.15, 0.2) is 60.7 Å². The van der Waals surface area contributed by atoms with Gasteiger partial charge in [-0.1, -0.05) is 36.4 Å². The third-order valence-corrected chi connectivity index (χ3v) is 3.34. The van der Waals surface area contributed by atoms with Crippen molar-refractivity contribution in [1.82, 2.24) is 10.2 Å². The third kappa shape index (κ3) is 4.43. The van der Waals surface area contributed by atoms with Crippen molar-refractivity contribution < 1.29 is 8.78 Å². The maximum atomic E-state index is 12.8. The van der Waals surface area contributed by atoms with Gasteiger partial charge >= 0.3 is 0 Å². The second-order valence-electron chi connectivity index (χ2n) is 5.15. The number of rotatable bonds is 4. The molecule has 0 atom stereocenters. The molecule has 0 unspecified atom stereocenters. The fourth-order valence-corrected chi connectivity index (χ4v) is 2.04. The van der Waals surface area contributed by atoms with Crippen molar-refractivity contribution in [2.45, 2.75) is 0 Å². The Balaban J connectivity index is 1.66. The topological polar surface area (TPSA) is 25.8 Å². The highest BCUT2D eigenvalue weighted by Crippen LogP contribution is 2.10. The van der Waals surface area contributed by atoms with Crippen LogP contribution in [0.2, 0.25) is 0 Å². The van der Waals surface area contributed by atoms with Crippen LogP contribution in [0.25, 0.3) is 24.3 Å². The molecular formula is C20H14F2N2. The van der Waals surface area contributed by atoms with E-state index in [4.69, 9.17) is 0 Å². The van der Waals surface area contributed by atoms with Gasteiger partial charge in [0.15, 0.2) is 0 Å². The quantitative estimate of drug-likeness (QED) is 0.668. The molecule has 24 heavy (non-hydrogen) atoms. The van der Waals surface area contributed by atoms with Crippen LogP contribution in [-0.4, -0.2) is 10.2 Å². The standard InChI is InChI=1S/C20H14F2N2/c21-17-7-1-15(2-8-17)5-11-19-13-14-20(24-23-19)12-6-16-3-9-18(22)10-4-16/h1-14H/b11-5+,12-6+. The fourth-order valence-electron chi connectivity index (χ4n) is 2.04. The minimum absolute atomic E-state index is 0.260. The average molecular weight is 320 g/mol. The summed E-state index contributed by atoms with van der Waals surface area (Å²) in [5, 5.41) is 8.23. The summed E-state index contributed by atoms with van der Waals surface area (Å²) < 4.78 is 25.7. The van der Waals surface area contributed by atoms with Gasteiger partial charge in [-0.15, -0.1) is 0 Å². The molecule has 0 N–H and O–H groups in total. The van der Waals surface area contributed by atoms with Crippen molar-refractivity contribution in [3.05, 3.63) is 94.8 Å². The Morgan fingerprint density at radius 1 is 0.500 bits per heavy atom. The van der Waals surface area contributed by atoms with Crippen molar-refractivity contribution in [3.8, 4) is 0 Å². The molecule has 2 aromatic carbocycles. The summed E-state index contributed by atoms with van der Waals surface area (Å²) in [6.45, 7) is 0. The first-order valence-corrected chi connectivity index (χ1v) is 7.40. The Bertz CT molecular complexity index is 775. The molecule has 1 heterocycles. The lowest BCUT2D eigenvalue weighted by Crippen LogP contribution is -1.88. The Hall–Kier alpha value is -3.14. The number of halogens is 2. The molecule has 2 nitrogen and oxygen atoms in total. The highest BCUT2D eigenvalue weighted by atomic mass is 19.1. The molecule has 0 saturated carbocycles. The summed E-state index contributed by atoms with van der Waals surface area (Å²) in [5.41, 5.74) is 3.19. The molecule has 0 saturated heterocycles. The van der Waals surface area contributed by atoms with E-state index >= 15 is 0 Å². The second kappa shape index (κ2) is 7.42. The van der Waals surface area contributed by atoms with Gasteiger partial charge in [0, 0.05) is 0 Å². The van der Waals surface area contributed by atoms with E-state index in [1.807, 2.05) is 36.4 Å².